The summed E-state index contributed by atoms with van der Waals surface area (Å²) in [4.78, 5) is 20.3. The topological polar surface area (TPSA) is 44.7 Å². The summed E-state index contributed by atoms with van der Waals surface area (Å²) in [7, 11) is 0. The predicted octanol–water partition coefficient (Wildman–Crippen LogP) is 3.66. The molecule has 1 N–H and O–H groups in total. The van der Waals surface area contributed by atoms with Crippen LogP contribution in [0, 0.1) is 23.7 Å². The molecule has 0 spiro atoms. The summed E-state index contributed by atoms with van der Waals surface area (Å²) in [6, 6.07) is 10.9. The third kappa shape index (κ3) is 3.30. The third-order valence-corrected chi connectivity index (χ3v) is 8.05. The molecule has 1 aliphatic heterocycles. The molecule has 1 aromatic rings. The van der Waals surface area contributed by atoms with Crippen LogP contribution in [0.2, 0.25) is 0 Å². The number of hydrogen-bond donors (Lipinski definition) is 1. The summed E-state index contributed by atoms with van der Waals surface area (Å²) in [5.41, 5.74) is 0.616. The molecule has 28 heavy (non-hydrogen) atoms. The van der Waals surface area contributed by atoms with Gasteiger partial charge in [-0.1, -0.05) is 30.3 Å². The first-order chi connectivity index (χ1) is 13.6. The van der Waals surface area contributed by atoms with Gasteiger partial charge in [-0.25, -0.2) is 0 Å². The Kier molecular flexibility index (Phi) is 4.78. The third-order valence-electron chi connectivity index (χ3n) is 8.05. The van der Waals surface area contributed by atoms with Gasteiger partial charge in [0.15, 0.2) is 5.54 Å². The molecule has 6 rings (SSSR count). The Morgan fingerprint density at radius 2 is 1.79 bits per heavy atom. The highest BCUT2D eigenvalue weighted by molar-refractivity contribution is 5.88. The largest absolute Gasteiger partial charge is 0.351 e. The molecule has 0 aromatic heterocycles. The van der Waals surface area contributed by atoms with Gasteiger partial charge in [0.05, 0.1) is 0 Å². The van der Waals surface area contributed by atoms with Crippen molar-refractivity contribution in [3.8, 4) is 0 Å². The fourth-order valence-corrected chi connectivity index (χ4v) is 6.93. The molecule has 1 atom stereocenters. The number of amides is 1. The zero-order valence-electron chi connectivity index (χ0n) is 16.9. The molecule has 0 unspecified atom stereocenters. The number of aliphatic imine (C=N–C) groups is 1. The Morgan fingerprint density at radius 1 is 1.11 bits per heavy atom. The SMILES string of the molecule is C=N[C@@]1(C(=O)NC2C3CC4CC(C3)CC2C4)CCCN(Cc2ccccc2)C1. The van der Waals surface area contributed by atoms with Crippen LogP contribution in [0.3, 0.4) is 0 Å². The number of likely N-dealkylation sites (tertiary alicyclic amines) is 1. The molecule has 4 aliphatic carbocycles. The number of benzene rings is 1. The van der Waals surface area contributed by atoms with Crippen LogP contribution in [-0.2, 0) is 11.3 Å². The lowest BCUT2D eigenvalue weighted by Crippen LogP contribution is -2.62. The molecule has 4 heteroatoms. The van der Waals surface area contributed by atoms with Gasteiger partial charge in [0.25, 0.3) is 0 Å². The Bertz CT molecular complexity index is 705. The highest BCUT2D eigenvalue weighted by atomic mass is 16.2. The van der Waals surface area contributed by atoms with Crippen molar-refractivity contribution in [1.29, 1.82) is 0 Å². The van der Waals surface area contributed by atoms with Gasteiger partial charge in [0, 0.05) is 19.1 Å². The van der Waals surface area contributed by atoms with E-state index in [-0.39, 0.29) is 5.91 Å². The van der Waals surface area contributed by atoms with E-state index in [4.69, 9.17) is 0 Å². The summed E-state index contributed by atoms with van der Waals surface area (Å²) in [5.74, 6) is 3.39. The molecule has 4 saturated carbocycles. The normalized spacial score (nSPS) is 39.6. The molecule has 0 radical (unpaired) electrons. The summed E-state index contributed by atoms with van der Waals surface area (Å²) in [6.45, 7) is 6.45. The van der Waals surface area contributed by atoms with Gasteiger partial charge in [0.1, 0.15) is 0 Å². The van der Waals surface area contributed by atoms with Crippen LogP contribution in [0.5, 0.6) is 0 Å². The van der Waals surface area contributed by atoms with Crippen LogP contribution in [-0.4, -0.2) is 42.2 Å². The molecule has 5 fully saturated rings. The quantitative estimate of drug-likeness (QED) is 0.794. The zero-order valence-corrected chi connectivity index (χ0v) is 16.9. The van der Waals surface area contributed by atoms with E-state index in [9.17, 15) is 4.79 Å². The summed E-state index contributed by atoms with van der Waals surface area (Å²) in [5, 5.41) is 3.51. The zero-order chi connectivity index (χ0) is 19.1. The summed E-state index contributed by atoms with van der Waals surface area (Å²) in [6.07, 6.45) is 8.57. The van der Waals surface area contributed by atoms with E-state index in [0.717, 1.165) is 37.8 Å². The van der Waals surface area contributed by atoms with Crippen LogP contribution in [0.15, 0.2) is 35.3 Å². The fraction of sp³-hybridized carbons (Fsp3) is 0.667. The molecule has 4 bridgehead atoms. The molecule has 1 aromatic carbocycles. The fourth-order valence-electron chi connectivity index (χ4n) is 6.93. The van der Waals surface area contributed by atoms with E-state index in [1.54, 1.807) is 0 Å². The number of nitrogens with zero attached hydrogens (tertiary/aromatic N) is 2. The maximum absolute atomic E-state index is 13.5. The van der Waals surface area contributed by atoms with Crippen molar-refractivity contribution in [1.82, 2.24) is 10.2 Å². The van der Waals surface area contributed by atoms with Gasteiger partial charge in [-0.05, 0) is 87.4 Å². The minimum Gasteiger partial charge on any atom is -0.351 e. The number of piperidine rings is 1. The van der Waals surface area contributed by atoms with Gasteiger partial charge in [-0.3, -0.25) is 14.7 Å². The van der Waals surface area contributed by atoms with Crippen LogP contribution in [0.4, 0.5) is 0 Å². The standard InChI is InChI=1S/C24H33N3O/c1-25-24(8-5-9-27(16-24)15-17-6-3-2-4-7-17)23(28)26-22-20-11-18-10-19(13-20)14-21(22)12-18/h2-4,6-7,18-22H,1,5,8-16H2,(H,26,28)/t18?,19?,20?,21?,22?,24-/m0/s1. The molecule has 5 aliphatic rings. The van der Waals surface area contributed by atoms with Crippen molar-refractivity contribution in [3.63, 3.8) is 0 Å². The molecular weight excluding hydrogens is 346 g/mol. The van der Waals surface area contributed by atoms with Gasteiger partial charge in [-0.15, -0.1) is 0 Å². The molecule has 150 valence electrons. The second-order valence-electron chi connectivity index (χ2n) is 9.92. The number of carbonyl (C=O) groups is 1. The average molecular weight is 380 g/mol. The van der Waals surface area contributed by atoms with Crippen molar-refractivity contribution in [2.24, 2.45) is 28.7 Å². The Balaban J connectivity index is 1.27. The number of carbonyl (C=O) groups excluding carboxylic acids is 1. The predicted molar refractivity (Wildman–Crippen MR) is 112 cm³/mol. The smallest absolute Gasteiger partial charge is 0.249 e. The molecule has 4 nitrogen and oxygen atoms in total. The van der Waals surface area contributed by atoms with Gasteiger partial charge in [0.2, 0.25) is 5.91 Å². The lowest BCUT2D eigenvalue weighted by Gasteiger charge is -2.55. The van der Waals surface area contributed by atoms with Gasteiger partial charge >= 0.3 is 0 Å². The molecule has 1 amide bonds. The molecular formula is C24H33N3O. The van der Waals surface area contributed by atoms with Gasteiger partial charge < -0.3 is 5.32 Å². The van der Waals surface area contributed by atoms with Crippen molar-refractivity contribution >= 4 is 12.6 Å². The van der Waals surface area contributed by atoms with Crippen molar-refractivity contribution in [2.45, 2.75) is 63.1 Å². The second kappa shape index (κ2) is 7.29. The van der Waals surface area contributed by atoms with Crippen LogP contribution < -0.4 is 5.32 Å². The Hall–Kier alpha value is -1.68. The second-order valence-corrected chi connectivity index (χ2v) is 9.92. The van der Waals surface area contributed by atoms with E-state index < -0.39 is 5.54 Å². The minimum atomic E-state index is -0.679. The van der Waals surface area contributed by atoms with Gasteiger partial charge in [-0.2, -0.15) is 0 Å². The van der Waals surface area contributed by atoms with Crippen molar-refractivity contribution in [2.75, 3.05) is 13.1 Å². The number of nitrogens with one attached hydrogen (secondary N) is 1. The van der Waals surface area contributed by atoms with E-state index in [1.165, 1.54) is 37.7 Å². The highest BCUT2D eigenvalue weighted by Gasteiger charge is 2.50. The van der Waals surface area contributed by atoms with E-state index in [2.05, 4.69) is 46.2 Å². The highest BCUT2D eigenvalue weighted by Crippen LogP contribution is 2.53. The maximum atomic E-state index is 13.5. The lowest BCUT2D eigenvalue weighted by molar-refractivity contribution is -0.132. The first kappa shape index (κ1) is 18.4. The Morgan fingerprint density at radius 3 is 2.43 bits per heavy atom. The summed E-state index contributed by atoms with van der Waals surface area (Å²) >= 11 is 0. The monoisotopic (exact) mass is 379 g/mol. The molecule has 1 heterocycles. The number of hydrogen-bond acceptors (Lipinski definition) is 3. The van der Waals surface area contributed by atoms with E-state index >= 15 is 0 Å². The average Bonchev–Trinajstić information content (AvgIpc) is 2.71. The molecule has 1 saturated heterocycles. The van der Waals surface area contributed by atoms with Crippen molar-refractivity contribution in [3.05, 3.63) is 35.9 Å². The van der Waals surface area contributed by atoms with Crippen LogP contribution in [0.25, 0.3) is 0 Å². The lowest BCUT2D eigenvalue weighted by atomic mass is 9.54. The Labute approximate surface area is 168 Å². The van der Waals surface area contributed by atoms with E-state index in [0.29, 0.717) is 24.4 Å². The maximum Gasteiger partial charge on any atom is 0.249 e. The number of rotatable bonds is 5. The van der Waals surface area contributed by atoms with Crippen LogP contribution >= 0.6 is 0 Å². The van der Waals surface area contributed by atoms with E-state index in [1.807, 2.05) is 6.07 Å². The van der Waals surface area contributed by atoms with Crippen molar-refractivity contribution < 1.29 is 4.79 Å². The summed E-state index contributed by atoms with van der Waals surface area (Å²) < 4.78 is 0. The first-order valence-electron chi connectivity index (χ1n) is 11.2. The minimum absolute atomic E-state index is 0.137. The first-order valence-corrected chi connectivity index (χ1v) is 11.2. The van der Waals surface area contributed by atoms with Crippen LogP contribution in [0.1, 0.15) is 50.5 Å².